The van der Waals surface area contributed by atoms with E-state index in [-0.39, 0.29) is 29.8 Å². The lowest BCUT2D eigenvalue weighted by molar-refractivity contribution is -0.140. The minimum Gasteiger partial charge on any atom is -0.481 e. The number of amides is 1. The number of carboxylic acids is 2. The Morgan fingerprint density at radius 3 is 2.47 bits per heavy atom. The SMILES string of the molecule is Nc1nc[nH]c(=O)c1CCCNc1ccc(C(=O)N[C@@H](CCC(=O)O)C(=O)O)cc1. The van der Waals surface area contributed by atoms with Crippen molar-refractivity contribution < 1.29 is 24.6 Å². The highest BCUT2D eigenvalue weighted by atomic mass is 16.4. The van der Waals surface area contributed by atoms with E-state index in [0.717, 1.165) is 5.69 Å². The fourth-order valence-electron chi connectivity index (χ4n) is 2.69. The molecule has 0 spiro atoms. The van der Waals surface area contributed by atoms with Gasteiger partial charge in [-0.05, 0) is 43.5 Å². The molecule has 2 rings (SSSR count). The lowest BCUT2D eigenvalue weighted by atomic mass is 10.1. The Hall–Kier alpha value is -3.89. The van der Waals surface area contributed by atoms with Gasteiger partial charge in [0.25, 0.3) is 11.5 Å². The number of aromatic amines is 1. The maximum Gasteiger partial charge on any atom is 0.326 e. The van der Waals surface area contributed by atoms with Crippen molar-refractivity contribution in [3.8, 4) is 0 Å². The summed E-state index contributed by atoms with van der Waals surface area (Å²) >= 11 is 0. The Morgan fingerprint density at radius 1 is 1.17 bits per heavy atom. The predicted molar refractivity (Wildman–Crippen MR) is 108 cm³/mol. The molecule has 0 radical (unpaired) electrons. The van der Waals surface area contributed by atoms with Crippen LogP contribution < -0.4 is 21.9 Å². The van der Waals surface area contributed by atoms with E-state index in [4.69, 9.17) is 15.9 Å². The van der Waals surface area contributed by atoms with Gasteiger partial charge in [-0.1, -0.05) is 0 Å². The smallest absolute Gasteiger partial charge is 0.326 e. The number of nitrogen functional groups attached to an aromatic ring is 1. The van der Waals surface area contributed by atoms with Gasteiger partial charge in [0.05, 0.1) is 11.9 Å². The average Bonchev–Trinajstić information content (AvgIpc) is 2.70. The molecule has 0 fully saturated rings. The third-order valence-electron chi connectivity index (χ3n) is 4.31. The first-order chi connectivity index (χ1) is 14.3. The third kappa shape index (κ3) is 6.62. The molecule has 0 unspecified atom stereocenters. The van der Waals surface area contributed by atoms with Gasteiger partial charge in [-0.3, -0.25) is 14.4 Å². The van der Waals surface area contributed by atoms with Crippen LogP contribution in [0.25, 0.3) is 0 Å². The molecule has 11 nitrogen and oxygen atoms in total. The number of anilines is 2. The number of carbonyl (C=O) groups is 3. The van der Waals surface area contributed by atoms with Crippen LogP contribution in [0.4, 0.5) is 11.5 Å². The Balaban J connectivity index is 1.85. The summed E-state index contributed by atoms with van der Waals surface area (Å²) in [6.07, 6.45) is 1.76. The maximum atomic E-state index is 12.2. The zero-order valence-corrected chi connectivity index (χ0v) is 16.1. The summed E-state index contributed by atoms with van der Waals surface area (Å²) in [6.45, 7) is 0.551. The van der Waals surface area contributed by atoms with Crippen LogP contribution in [0.1, 0.15) is 35.2 Å². The molecule has 0 aliphatic rings. The molecule has 0 aliphatic heterocycles. The number of nitrogens with two attached hydrogens (primary N) is 1. The first kappa shape index (κ1) is 22.4. The van der Waals surface area contributed by atoms with Crippen LogP contribution in [0.3, 0.4) is 0 Å². The number of H-pyrrole nitrogens is 1. The third-order valence-corrected chi connectivity index (χ3v) is 4.31. The van der Waals surface area contributed by atoms with Crippen LogP contribution in [-0.4, -0.2) is 50.6 Å². The van der Waals surface area contributed by atoms with Crippen molar-refractivity contribution in [2.45, 2.75) is 31.7 Å². The number of carbonyl (C=O) groups excluding carboxylic acids is 1. The highest BCUT2D eigenvalue weighted by Gasteiger charge is 2.21. The van der Waals surface area contributed by atoms with Gasteiger partial charge in [-0.15, -0.1) is 0 Å². The molecule has 30 heavy (non-hydrogen) atoms. The van der Waals surface area contributed by atoms with Gasteiger partial charge in [0.15, 0.2) is 0 Å². The quantitative estimate of drug-likeness (QED) is 0.282. The van der Waals surface area contributed by atoms with Crippen molar-refractivity contribution in [1.29, 1.82) is 0 Å². The standard InChI is InChI=1S/C19H23N5O6/c20-16-13(18(28)23-10-22-16)2-1-9-21-12-5-3-11(4-6-12)17(27)24-14(19(29)30)7-8-15(25)26/h3-6,10,14,21H,1-2,7-9H2,(H,24,27)(H,25,26)(H,29,30)(H3,20,22,23,28)/t14-/m0/s1. The first-order valence-corrected chi connectivity index (χ1v) is 9.19. The number of aliphatic carboxylic acids is 2. The molecule has 1 amide bonds. The summed E-state index contributed by atoms with van der Waals surface area (Å²) in [7, 11) is 0. The molecule has 1 atom stereocenters. The molecule has 1 aromatic heterocycles. The van der Waals surface area contributed by atoms with Gasteiger partial charge in [0, 0.05) is 24.2 Å². The van der Waals surface area contributed by atoms with E-state index < -0.39 is 23.9 Å². The topological polar surface area (TPSA) is 187 Å². The van der Waals surface area contributed by atoms with Crippen molar-refractivity contribution in [3.63, 3.8) is 0 Å². The summed E-state index contributed by atoms with van der Waals surface area (Å²) in [6, 6.07) is 5.09. The lowest BCUT2D eigenvalue weighted by Gasteiger charge is -2.14. The monoisotopic (exact) mass is 417 g/mol. The molecular formula is C19H23N5O6. The second-order valence-corrected chi connectivity index (χ2v) is 6.50. The van der Waals surface area contributed by atoms with Crippen molar-refractivity contribution in [1.82, 2.24) is 15.3 Å². The van der Waals surface area contributed by atoms with Crippen molar-refractivity contribution in [2.75, 3.05) is 17.6 Å². The molecule has 7 N–H and O–H groups in total. The molecule has 1 heterocycles. The molecular weight excluding hydrogens is 394 g/mol. The van der Waals surface area contributed by atoms with Crippen LogP contribution in [0, 0.1) is 0 Å². The van der Waals surface area contributed by atoms with E-state index in [1.54, 1.807) is 12.1 Å². The minimum atomic E-state index is -1.30. The first-order valence-electron chi connectivity index (χ1n) is 9.19. The van der Waals surface area contributed by atoms with E-state index in [1.165, 1.54) is 18.5 Å². The number of hydrogen-bond acceptors (Lipinski definition) is 7. The minimum absolute atomic E-state index is 0.206. The fourth-order valence-corrected chi connectivity index (χ4v) is 2.69. The number of rotatable bonds is 11. The van der Waals surface area contributed by atoms with E-state index in [9.17, 15) is 19.2 Å². The van der Waals surface area contributed by atoms with E-state index >= 15 is 0 Å². The molecule has 1 aromatic carbocycles. The summed E-state index contributed by atoms with van der Waals surface area (Å²) < 4.78 is 0. The van der Waals surface area contributed by atoms with E-state index in [2.05, 4.69) is 20.6 Å². The van der Waals surface area contributed by atoms with Crippen molar-refractivity contribution in [2.24, 2.45) is 0 Å². The number of hydrogen-bond donors (Lipinski definition) is 6. The number of aromatic nitrogens is 2. The van der Waals surface area contributed by atoms with E-state index in [0.29, 0.717) is 24.9 Å². The molecule has 160 valence electrons. The average molecular weight is 417 g/mol. The van der Waals surface area contributed by atoms with Crippen LogP contribution in [0.5, 0.6) is 0 Å². The Bertz CT molecular complexity index is 957. The largest absolute Gasteiger partial charge is 0.481 e. The molecule has 0 bridgehead atoms. The van der Waals surface area contributed by atoms with Gasteiger partial charge >= 0.3 is 11.9 Å². The van der Waals surface area contributed by atoms with Gasteiger partial charge in [0.2, 0.25) is 0 Å². The Kier molecular flexibility index (Phi) is 7.91. The zero-order valence-electron chi connectivity index (χ0n) is 16.1. The maximum absolute atomic E-state index is 12.2. The second kappa shape index (κ2) is 10.6. The van der Waals surface area contributed by atoms with E-state index in [1.807, 2.05) is 0 Å². The molecule has 0 saturated heterocycles. The van der Waals surface area contributed by atoms with Crippen molar-refractivity contribution >= 4 is 29.4 Å². The number of carboxylic acid groups (broad SMARTS) is 2. The Morgan fingerprint density at radius 2 is 1.87 bits per heavy atom. The van der Waals surface area contributed by atoms with Gasteiger partial charge in [0.1, 0.15) is 11.9 Å². The highest BCUT2D eigenvalue weighted by Crippen LogP contribution is 2.11. The fraction of sp³-hybridized carbons (Fsp3) is 0.316. The van der Waals surface area contributed by atoms with Crippen LogP contribution in [-0.2, 0) is 16.0 Å². The van der Waals surface area contributed by atoms with Gasteiger partial charge in [-0.2, -0.15) is 0 Å². The zero-order chi connectivity index (χ0) is 22.1. The van der Waals surface area contributed by atoms with Crippen molar-refractivity contribution in [3.05, 3.63) is 52.1 Å². The molecule has 11 heteroatoms. The number of benzene rings is 1. The predicted octanol–water partition coefficient (Wildman–Crippen LogP) is 0.445. The summed E-state index contributed by atoms with van der Waals surface area (Å²) in [5.41, 5.74) is 6.84. The summed E-state index contributed by atoms with van der Waals surface area (Å²) in [5.74, 6) is -2.83. The number of nitrogens with one attached hydrogen (secondary N) is 3. The normalized spacial score (nSPS) is 11.5. The summed E-state index contributed by atoms with van der Waals surface area (Å²) in [5, 5.41) is 23.2. The highest BCUT2D eigenvalue weighted by molar-refractivity contribution is 5.96. The molecule has 0 aliphatic carbocycles. The second-order valence-electron chi connectivity index (χ2n) is 6.50. The molecule has 0 saturated carbocycles. The van der Waals surface area contributed by atoms with Crippen LogP contribution in [0.2, 0.25) is 0 Å². The molecule has 2 aromatic rings. The Labute approximate surface area is 171 Å². The lowest BCUT2D eigenvalue weighted by Crippen LogP contribution is -2.41. The van der Waals surface area contributed by atoms with Gasteiger partial charge < -0.3 is 31.6 Å². The van der Waals surface area contributed by atoms with Crippen LogP contribution in [0.15, 0.2) is 35.4 Å². The summed E-state index contributed by atoms with van der Waals surface area (Å²) in [4.78, 5) is 52.0. The number of nitrogens with zero attached hydrogens (tertiary/aromatic N) is 1. The van der Waals surface area contributed by atoms with Crippen LogP contribution >= 0.6 is 0 Å². The van der Waals surface area contributed by atoms with Gasteiger partial charge in [-0.25, -0.2) is 9.78 Å².